The minimum absolute atomic E-state index is 0.300. The average Bonchev–Trinajstić information content (AvgIpc) is 2.51. The smallest absolute Gasteiger partial charge is 0.295 e. The summed E-state index contributed by atoms with van der Waals surface area (Å²) in [6.45, 7) is 2.85. The van der Waals surface area contributed by atoms with E-state index in [-0.39, 0.29) is 0 Å². The third-order valence-corrected chi connectivity index (χ3v) is 5.38. The number of hydrogen-bond donors (Lipinski definition) is 2. The highest BCUT2D eigenvalue weighted by molar-refractivity contribution is 7.89. The Morgan fingerprint density at radius 3 is 1.96 bits per heavy atom. The van der Waals surface area contributed by atoms with E-state index in [4.69, 9.17) is 4.55 Å². The van der Waals surface area contributed by atoms with Crippen LogP contribution in [-0.4, -0.2) is 32.5 Å². The molecule has 0 amide bonds. The molecular weight excluding hydrogens is 354 g/mol. The summed E-state index contributed by atoms with van der Waals surface area (Å²) in [6.07, 6.45) is 0. The molecule has 24 heavy (non-hydrogen) atoms. The van der Waals surface area contributed by atoms with E-state index in [0.29, 0.717) is 18.7 Å². The fraction of sp³-hybridized carbons (Fsp3) is 0.200. The van der Waals surface area contributed by atoms with Crippen LogP contribution in [-0.2, 0) is 26.8 Å². The summed E-state index contributed by atoms with van der Waals surface area (Å²) >= 11 is 0. The molecule has 2 aromatic rings. The third-order valence-electron chi connectivity index (χ3n) is 3.44. The molecule has 0 aliphatic heterocycles. The highest BCUT2D eigenvalue weighted by Gasteiger charge is 2.24. The zero-order valence-corrected chi connectivity index (χ0v) is 14.5. The van der Waals surface area contributed by atoms with Crippen molar-refractivity contribution in [1.82, 2.24) is 0 Å². The molecule has 0 saturated carbocycles. The van der Waals surface area contributed by atoms with Gasteiger partial charge >= 0.3 is 0 Å². The Hall–Kier alpha value is -1.94. The fourth-order valence-electron chi connectivity index (χ4n) is 2.31. The summed E-state index contributed by atoms with van der Waals surface area (Å²) in [5.41, 5.74) is 1.38. The lowest BCUT2D eigenvalue weighted by Crippen LogP contribution is -2.22. The van der Waals surface area contributed by atoms with Crippen molar-refractivity contribution in [3.8, 4) is 0 Å². The van der Waals surface area contributed by atoms with Gasteiger partial charge in [-0.15, -0.1) is 0 Å². The Kier molecular flexibility index (Phi) is 5.29. The Morgan fingerprint density at radius 2 is 1.46 bits per heavy atom. The summed E-state index contributed by atoms with van der Waals surface area (Å²) in [7, 11) is -9.58. The van der Waals surface area contributed by atoms with E-state index >= 15 is 0 Å². The first-order valence-corrected chi connectivity index (χ1v) is 9.89. The molecule has 0 radical (unpaired) electrons. The minimum atomic E-state index is -4.80. The molecular formula is C15H17NO6S2. The van der Waals surface area contributed by atoms with E-state index in [2.05, 4.69) is 0 Å². The first-order chi connectivity index (χ1) is 11.1. The fourth-order valence-corrected chi connectivity index (χ4v) is 4.12. The molecule has 0 fully saturated rings. The van der Waals surface area contributed by atoms with Crippen LogP contribution in [0, 0.1) is 0 Å². The van der Waals surface area contributed by atoms with E-state index in [0.717, 1.165) is 17.8 Å². The first-order valence-electron chi connectivity index (χ1n) is 7.01. The summed E-state index contributed by atoms with van der Waals surface area (Å²) in [4.78, 5) is 0.249. The quantitative estimate of drug-likeness (QED) is 0.749. The van der Waals surface area contributed by atoms with Gasteiger partial charge in [0, 0.05) is 18.8 Å². The maximum atomic E-state index is 11.4. The Morgan fingerprint density at radius 1 is 0.875 bits per heavy atom. The average molecular weight is 371 g/mol. The topological polar surface area (TPSA) is 112 Å². The van der Waals surface area contributed by atoms with Crippen LogP contribution in [0.5, 0.6) is 0 Å². The van der Waals surface area contributed by atoms with Crippen LogP contribution >= 0.6 is 0 Å². The second kappa shape index (κ2) is 6.89. The van der Waals surface area contributed by atoms with E-state index < -0.39 is 30.0 Å². The molecule has 0 aliphatic rings. The van der Waals surface area contributed by atoms with Crippen molar-refractivity contribution in [2.45, 2.75) is 23.3 Å². The minimum Gasteiger partial charge on any atom is -0.367 e. The molecule has 2 rings (SSSR count). The van der Waals surface area contributed by atoms with Gasteiger partial charge in [-0.3, -0.25) is 9.11 Å². The normalized spacial score (nSPS) is 12.1. The van der Waals surface area contributed by atoms with Crippen molar-refractivity contribution in [3.05, 3.63) is 54.1 Å². The van der Waals surface area contributed by atoms with Gasteiger partial charge in [0.25, 0.3) is 20.2 Å². The maximum absolute atomic E-state index is 11.4. The second-order valence-corrected chi connectivity index (χ2v) is 7.86. The van der Waals surface area contributed by atoms with Crippen LogP contribution in [0.4, 0.5) is 5.69 Å². The van der Waals surface area contributed by atoms with Crippen molar-refractivity contribution < 1.29 is 25.9 Å². The molecule has 0 heterocycles. The van der Waals surface area contributed by atoms with Gasteiger partial charge in [-0.05, 0) is 36.8 Å². The maximum Gasteiger partial charge on any atom is 0.295 e. The van der Waals surface area contributed by atoms with Gasteiger partial charge in [0.2, 0.25) is 0 Å². The van der Waals surface area contributed by atoms with Crippen LogP contribution in [0.3, 0.4) is 0 Å². The summed E-state index contributed by atoms with van der Waals surface area (Å²) in [5.74, 6) is 0. The summed E-state index contributed by atoms with van der Waals surface area (Å²) in [6, 6.07) is 12.8. The molecule has 2 aromatic carbocycles. The molecule has 130 valence electrons. The predicted octanol–water partition coefficient (Wildman–Crippen LogP) is 2.21. The number of para-hydroxylation sites is 1. The van der Waals surface area contributed by atoms with Crippen LogP contribution in [0.2, 0.25) is 0 Å². The second-order valence-electron chi connectivity index (χ2n) is 5.08. The molecule has 9 heteroatoms. The van der Waals surface area contributed by atoms with E-state index in [1.165, 1.54) is 6.07 Å². The van der Waals surface area contributed by atoms with Crippen LogP contribution in [0.1, 0.15) is 12.5 Å². The highest BCUT2D eigenvalue weighted by Crippen LogP contribution is 2.24. The van der Waals surface area contributed by atoms with Gasteiger partial charge in [-0.1, -0.05) is 24.3 Å². The molecule has 0 aliphatic carbocycles. The molecule has 0 atom stereocenters. The Labute approximate surface area is 141 Å². The monoisotopic (exact) mass is 371 g/mol. The summed E-state index contributed by atoms with van der Waals surface area (Å²) in [5, 5.41) is 0. The van der Waals surface area contributed by atoms with Crippen molar-refractivity contribution in [2.75, 3.05) is 11.4 Å². The molecule has 0 unspecified atom stereocenters. The number of benzene rings is 2. The van der Waals surface area contributed by atoms with Crippen molar-refractivity contribution in [2.24, 2.45) is 0 Å². The van der Waals surface area contributed by atoms with Gasteiger partial charge in [-0.2, -0.15) is 16.8 Å². The Balaban J connectivity index is 2.46. The van der Waals surface area contributed by atoms with Gasteiger partial charge in [-0.25, -0.2) is 0 Å². The lowest BCUT2D eigenvalue weighted by Gasteiger charge is -2.23. The molecule has 0 bridgehead atoms. The molecule has 7 nitrogen and oxygen atoms in total. The predicted molar refractivity (Wildman–Crippen MR) is 89.2 cm³/mol. The van der Waals surface area contributed by atoms with E-state index in [1.54, 1.807) is 0 Å². The molecule has 0 saturated heterocycles. The standard InChI is InChI=1S/C15H17NO6S2/c1-2-16(13-6-4-3-5-7-13)11-12-8-9-14(23(17,18)19)15(10-12)24(20,21)22/h3-10H,2,11H2,1H3,(H,17,18,19)(H,20,21,22). The largest absolute Gasteiger partial charge is 0.367 e. The highest BCUT2D eigenvalue weighted by atomic mass is 32.2. The number of rotatable bonds is 6. The van der Waals surface area contributed by atoms with Gasteiger partial charge in [0.05, 0.1) is 0 Å². The van der Waals surface area contributed by atoms with Crippen molar-refractivity contribution in [3.63, 3.8) is 0 Å². The van der Waals surface area contributed by atoms with Crippen LogP contribution < -0.4 is 4.90 Å². The molecule has 0 spiro atoms. The van der Waals surface area contributed by atoms with Crippen molar-refractivity contribution >= 4 is 25.9 Å². The Bertz CT molecular complexity index is 924. The molecule has 0 aromatic heterocycles. The van der Waals surface area contributed by atoms with Gasteiger partial charge in [0.15, 0.2) is 0 Å². The zero-order valence-electron chi connectivity index (χ0n) is 12.8. The van der Waals surface area contributed by atoms with Gasteiger partial charge in [0.1, 0.15) is 9.79 Å². The number of anilines is 1. The van der Waals surface area contributed by atoms with E-state index in [1.807, 2.05) is 42.2 Å². The number of nitrogens with zero attached hydrogens (tertiary/aromatic N) is 1. The third kappa shape index (κ3) is 4.32. The van der Waals surface area contributed by atoms with Crippen LogP contribution in [0.25, 0.3) is 0 Å². The van der Waals surface area contributed by atoms with Crippen molar-refractivity contribution in [1.29, 1.82) is 0 Å². The van der Waals surface area contributed by atoms with Crippen LogP contribution in [0.15, 0.2) is 58.3 Å². The lowest BCUT2D eigenvalue weighted by atomic mass is 10.2. The molecule has 2 N–H and O–H groups in total. The van der Waals surface area contributed by atoms with Gasteiger partial charge < -0.3 is 4.90 Å². The summed E-state index contributed by atoms with van der Waals surface area (Å²) < 4.78 is 63.8. The lowest BCUT2D eigenvalue weighted by molar-refractivity contribution is 0.466. The SMILES string of the molecule is CCN(Cc1ccc(S(=O)(=O)O)c(S(=O)(=O)O)c1)c1ccccc1. The first kappa shape index (κ1) is 18.4. The van der Waals surface area contributed by atoms with E-state index in [9.17, 15) is 21.4 Å². The number of hydrogen-bond acceptors (Lipinski definition) is 5. The zero-order chi connectivity index (χ0) is 18.0.